The number of amides is 1. The molecule has 11 heteroatoms. The fraction of sp³-hybridized carbons (Fsp3) is 0.259. The van der Waals surface area contributed by atoms with Gasteiger partial charge in [-0.2, -0.15) is 0 Å². The Morgan fingerprint density at radius 2 is 1.92 bits per heavy atom. The minimum atomic E-state index is -0.548. The normalized spacial score (nSPS) is 14.5. The zero-order valence-electron chi connectivity index (χ0n) is 21.0. The molecule has 9 nitrogen and oxygen atoms in total. The number of hydrogen-bond donors (Lipinski definition) is 4. The van der Waals surface area contributed by atoms with E-state index in [-0.39, 0.29) is 18.0 Å². The van der Waals surface area contributed by atoms with Crippen molar-refractivity contribution in [2.45, 2.75) is 38.1 Å². The van der Waals surface area contributed by atoms with Crippen LogP contribution in [-0.2, 0) is 11.3 Å². The van der Waals surface area contributed by atoms with Crippen molar-refractivity contribution in [3.8, 4) is 0 Å². The van der Waals surface area contributed by atoms with Crippen molar-refractivity contribution in [3.63, 3.8) is 0 Å². The summed E-state index contributed by atoms with van der Waals surface area (Å²) in [6.07, 6.45) is 5.73. The van der Waals surface area contributed by atoms with Gasteiger partial charge in [-0.25, -0.2) is 24.6 Å². The lowest BCUT2D eigenvalue weighted by Crippen LogP contribution is -2.32. The monoisotopic (exact) mass is 520 g/mol. The van der Waals surface area contributed by atoms with Crippen LogP contribution in [0.15, 0.2) is 58.6 Å². The van der Waals surface area contributed by atoms with E-state index in [2.05, 4.69) is 32.0 Å². The maximum absolute atomic E-state index is 14.4. The molecule has 0 aliphatic heterocycles. The van der Waals surface area contributed by atoms with Gasteiger partial charge in [0.25, 0.3) is 5.91 Å². The number of nitrogens with zero attached hydrogens (tertiary/aromatic N) is 4. The molecule has 1 amide bonds. The Balaban J connectivity index is 1.48. The molecule has 4 rings (SSSR count). The van der Waals surface area contributed by atoms with Crippen molar-refractivity contribution in [2.24, 2.45) is 21.6 Å². The van der Waals surface area contributed by atoms with Gasteiger partial charge in [-0.3, -0.25) is 14.8 Å². The zero-order valence-corrected chi connectivity index (χ0v) is 21.0. The van der Waals surface area contributed by atoms with Crippen molar-refractivity contribution in [1.29, 1.82) is 0 Å². The van der Waals surface area contributed by atoms with Crippen molar-refractivity contribution >= 4 is 35.5 Å². The quantitative estimate of drug-likeness (QED) is 0.192. The fourth-order valence-corrected chi connectivity index (χ4v) is 4.47. The van der Waals surface area contributed by atoms with Crippen LogP contribution < -0.4 is 21.9 Å². The van der Waals surface area contributed by atoms with Crippen LogP contribution >= 0.6 is 0 Å². The van der Waals surface area contributed by atoms with Gasteiger partial charge in [-0.05, 0) is 73.2 Å². The number of nitrogens with one attached hydrogen (secondary N) is 2. The van der Waals surface area contributed by atoms with E-state index in [4.69, 9.17) is 11.6 Å². The highest BCUT2D eigenvalue weighted by Crippen LogP contribution is 2.34. The van der Waals surface area contributed by atoms with E-state index in [0.29, 0.717) is 34.2 Å². The number of aliphatic imine (C=N–C) groups is 2. The zero-order chi connectivity index (χ0) is 27.2. The molecule has 0 unspecified atom stereocenters. The summed E-state index contributed by atoms with van der Waals surface area (Å²) >= 11 is 0. The first-order valence-corrected chi connectivity index (χ1v) is 12.2. The largest absolute Gasteiger partial charge is 0.397 e. The van der Waals surface area contributed by atoms with Crippen LogP contribution in [0.4, 0.5) is 20.3 Å². The van der Waals surface area contributed by atoms with E-state index >= 15 is 0 Å². The number of aromatic amines is 1. The van der Waals surface area contributed by atoms with E-state index < -0.39 is 17.5 Å². The molecule has 1 heterocycles. The summed E-state index contributed by atoms with van der Waals surface area (Å²) in [6.45, 7) is 3.58. The van der Waals surface area contributed by atoms with Crippen molar-refractivity contribution < 1.29 is 13.6 Å². The number of carbonyl (C=O) groups excluding carboxylic acids is 1. The third-order valence-electron chi connectivity index (χ3n) is 6.42. The lowest BCUT2D eigenvalue weighted by atomic mass is 10.1. The molecule has 2 aromatic carbocycles. The van der Waals surface area contributed by atoms with Crippen LogP contribution in [0.25, 0.3) is 5.70 Å². The average molecular weight is 521 g/mol. The number of rotatable bonds is 9. The van der Waals surface area contributed by atoms with E-state index in [1.54, 1.807) is 6.07 Å². The lowest BCUT2D eigenvalue weighted by Gasteiger charge is -2.17. The molecule has 1 aliphatic rings. The summed E-state index contributed by atoms with van der Waals surface area (Å²) in [5, 5.41) is 3.92. The molecule has 1 aromatic heterocycles. The van der Waals surface area contributed by atoms with Crippen LogP contribution in [0.1, 0.15) is 54.2 Å². The van der Waals surface area contributed by atoms with E-state index in [0.717, 1.165) is 36.5 Å². The molecule has 0 spiro atoms. The van der Waals surface area contributed by atoms with Gasteiger partial charge in [0.2, 0.25) is 0 Å². The predicted molar refractivity (Wildman–Crippen MR) is 145 cm³/mol. The molecule has 1 fully saturated rings. The Morgan fingerprint density at radius 3 is 2.58 bits per heavy atom. The SMILES string of the molecule is C=Nc1nc(C2CCCC2)[nH]c1C(=NC)C(=O)NCc1cc(F)cc(N(N)/C=C(\N)c2ccc(F)cc2)c1. The van der Waals surface area contributed by atoms with Crippen LogP contribution in [0.5, 0.6) is 0 Å². The Bertz CT molecular complexity index is 1370. The summed E-state index contributed by atoms with van der Waals surface area (Å²) in [4.78, 5) is 28.9. The number of anilines is 1. The second-order valence-corrected chi connectivity index (χ2v) is 9.03. The molecular formula is C27H30F2N8O. The number of aromatic nitrogens is 2. The first kappa shape index (κ1) is 26.7. The highest BCUT2D eigenvalue weighted by atomic mass is 19.1. The summed E-state index contributed by atoms with van der Waals surface area (Å²) in [5.41, 5.74) is 8.17. The van der Waals surface area contributed by atoms with Gasteiger partial charge in [0.1, 0.15) is 28.9 Å². The minimum absolute atomic E-state index is 0.00802. The number of halogens is 2. The smallest absolute Gasteiger partial charge is 0.272 e. The number of hydrogen-bond acceptors (Lipinski definition) is 7. The van der Waals surface area contributed by atoms with E-state index in [1.807, 2.05) is 0 Å². The second kappa shape index (κ2) is 11.8. The van der Waals surface area contributed by atoms with Gasteiger partial charge in [-0.1, -0.05) is 12.8 Å². The molecule has 0 atom stereocenters. The lowest BCUT2D eigenvalue weighted by molar-refractivity contribution is -0.114. The Kier molecular flexibility index (Phi) is 8.27. The summed E-state index contributed by atoms with van der Waals surface area (Å²) < 4.78 is 27.6. The highest BCUT2D eigenvalue weighted by Gasteiger charge is 2.26. The molecule has 38 heavy (non-hydrogen) atoms. The highest BCUT2D eigenvalue weighted by molar-refractivity contribution is 6.45. The maximum Gasteiger partial charge on any atom is 0.272 e. The predicted octanol–water partition coefficient (Wildman–Crippen LogP) is 4.05. The van der Waals surface area contributed by atoms with Crippen LogP contribution in [-0.4, -0.2) is 35.4 Å². The number of nitrogens with two attached hydrogens (primary N) is 2. The van der Waals surface area contributed by atoms with Gasteiger partial charge in [0.05, 0.1) is 11.4 Å². The van der Waals surface area contributed by atoms with Crippen molar-refractivity contribution in [3.05, 3.63) is 82.9 Å². The van der Waals surface area contributed by atoms with Crippen LogP contribution in [0.2, 0.25) is 0 Å². The van der Waals surface area contributed by atoms with Gasteiger partial charge < -0.3 is 16.0 Å². The fourth-order valence-electron chi connectivity index (χ4n) is 4.47. The third-order valence-corrected chi connectivity index (χ3v) is 6.42. The molecule has 1 aliphatic carbocycles. The molecule has 3 aromatic rings. The first-order chi connectivity index (χ1) is 18.3. The number of imidazole rings is 1. The number of hydrazine groups is 1. The standard InChI is InChI=1S/C27H30F2N8O/c1-32-24(23-26(33-2)36-25(35-23)18-5-3-4-6-18)27(38)34-14-16-11-20(29)13-21(12-16)37(31)15-22(30)17-7-9-19(28)10-8-17/h7-13,15,18H,2-6,14,30-31H2,1H3,(H,34,38)(H,35,36)/b22-15-,32-24?. The average Bonchev–Trinajstić information content (AvgIpc) is 3.58. The first-order valence-electron chi connectivity index (χ1n) is 12.2. The van der Waals surface area contributed by atoms with Gasteiger partial charge in [-0.15, -0.1) is 0 Å². The van der Waals surface area contributed by atoms with Crippen LogP contribution in [0, 0.1) is 11.6 Å². The van der Waals surface area contributed by atoms with Crippen molar-refractivity contribution in [1.82, 2.24) is 15.3 Å². The molecule has 0 bridgehead atoms. The number of H-pyrrole nitrogens is 1. The minimum Gasteiger partial charge on any atom is -0.397 e. The van der Waals surface area contributed by atoms with Gasteiger partial charge in [0.15, 0.2) is 5.82 Å². The summed E-state index contributed by atoms with van der Waals surface area (Å²) in [5.74, 6) is 6.07. The molecule has 1 saturated carbocycles. The van der Waals surface area contributed by atoms with E-state index in [1.165, 1.54) is 49.6 Å². The third kappa shape index (κ3) is 6.12. The summed E-state index contributed by atoms with van der Waals surface area (Å²) in [6, 6.07) is 9.72. The topological polar surface area (TPSA) is 138 Å². The number of carbonyl (C=O) groups is 1. The van der Waals surface area contributed by atoms with Gasteiger partial charge in [0, 0.05) is 25.7 Å². The molecule has 0 saturated heterocycles. The Morgan fingerprint density at radius 1 is 1.21 bits per heavy atom. The Hall–Kier alpha value is -4.38. The molecular weight excluding hydrogens is 490 g/mol. The second-order valence-electron chi connectivity index (χ2n) is 9.03. The Labute approximate surface area is 219 Å². The van der Waals surface area contributed by atoms with Gasteiger partial charge >= 0.3 is 0 Å². The summed E-state index contributed by atoms with van der Waals surface area (Å²) in [7, 11) is 1.50. The van der Waals surface area contributed by atoms with E-state index in [9.17, 15) is 13.6 Å². The van der Waals surface area contributed by atoms with Crippen LogP contribution in [0.3, 0.4) is 0 Å². The molecule has 0 radical (unpaired) electrons. The molecule has 198 valence electrons. The maximum atomic E-state index is 14.4. The molecule has 6 N–H and O–H groups in total. The number of benzene rings is 2. The van der Waals surface area contributed by atoms with Crippen molar-refractivity contribution in [2.75, 3.05) is 12.1 Å².